The Bertz CT molecular complexity index is 405. The van der Waals surface area contributed by atoms with Gasteiger partial charge in [-0.1, -0.05) is 5.16 Å². The van der Waals surface area contributed by atoms with Crippen molar-refractivity contribution in [2.24, 2.45) is 0 Å². The smallest absolute Gasteiger partial charge is 0.315 e. The lowest BCUT2D eigenvalue weighted by Crippen LogP contribution is -2.41. The Balaban J connectivity index is 1.69. The number of carbonyl (C=O) groups excluding carboxylic acids is 1. The molecule has 1 atom stereocenters. The first-order chi connectivity index (χ1) is 9.16. The van der Waals surface area contributed by atoms with Gasteiger partial charge in [0.2, 0.25) is 0 Å². The quantitative estimate of drug-likeness (QED) is 0.870. The van der Waals surface area contributed by atoms with Crippen LogP contribution in [0.2, 0.25) is 0 Å². The van der Waals surface area contributed by atoms with E-state index in [0.29, 0.717) is 13.1 Å². The van der Waals surface area contributed by atoms with Gasteiger partial charge in [-0.2, -0.15) is 0 Å². The van der Waals surface area contributed by atoms with Gasteiger partial charge in [0.1, 0.15) is 5.76 Å². The number of nitrogens with zero attached hydrogens (tertiary/aromatic N) is 1. The number of nitrogens with one attached hydrogen (secondary N) is 2. The number of amides is 2. The molecule has 2 rings (SSSR count). The van der Waals surface area contributed by atoms with Crippen LogP contribution >= 0.6 is 0 Å². The first-order valence-electron chi connectivity index (χ1n) is 6.72. The van der Waals surface area contributed by atoms with Gasteiger partial charge in [-0.15, -0.1) is 0 Å². The summed E-state index contributed by atoms with van der Waals surface area (Å²) < 4.78 is 10.6. The van der Waals surface area contributed by atoms with E-state index in [1.165, 1.54) is 6.42 Å². The molecule has 106 valence electrons. The lowest BCUT2D eigenvalue weighted by Gasteiger charge is -2.22. The summed E-state index contributed by atoms with van der Waals surface area (Å²) in [5, 5.41) is 9.48. The zero-order chi connectivity index (χ0) is 13.7. The minimum absolute atomic E-state index is 0.151. The molecule has 19 heavy (non-hydrogen) atoms. The number of hydrogen-bond acceptors (Lipinski definition) is 4. The van der Waals surface area contributed by atoms with Gasteiger partial charge in [0.15, 0.2) is 0 Å². The number of carbonyl (C=O) groups is 1. The molecule has 1 aromatic heterocycles. The fourth-order valence-corrected chi connectivity index (χ4v) is 2.16. The Morgan fingerprint density at radius 1 is 1.37 bits per heavy atom. The third-order valence-corrected chi connectivity index (χ3v) is 3.37. The zero-order valence-electron chi connectivity index (χ0n) is 11.5. The molecule has 0 radical (unpaired) electrons. The highest BCUT2D eigenvalue weighted by atomic mass is 16.5. The summed E-state index contributed by atoms with van der Waals surface area (Å²) in [5.41, 5.74) is 1.75. The van der Waals surface area contributed by atoms with E-state index < -0.39 is 0 Å². The van der Waals surface area contributed by atoms with Crippen LogP contribution in [0.5, 0.6) is 0 Å². The Morgan fingerprint density at radius 3 is 2.84 bits per heavy atom. The van der Waals surface area contributed by atoms with E-state index in [1.807, 2.05) is 13.8 Å². The van der Waals surface area contributed by atoms with Crippen LogP contribution in [0.25, 0.3) is 0 Å². The summed E-state index contributed by atoms with van der Waals surface area (Å²) >= 11 is 0. The maximum atomic E-state index is 11.7. The predicted molar refractivity (Wildman–Crippen MR) is 69.8 cm³/mol. The molecule has 6 nitrogen and oxygen atoms in total. The molecule has 2 amide bonds. The van der Waals surface area contributed by atoms with Crippen LogP contribution in [0.3, 0.4) is 0 Å². The van der Waals surface area contributed by atoms with E-state index in [-0.39, 0.29) is 12.1 Å². The molecule has 0 bridgehead atoms. The van der Waals surface area contributed by atoms with Crippen molar-refractivity contribution >= 4 is 6.03 Å². The summed E-state index contributed by atoms with van der Waals surface area (Å²) in [4.78, 5) is 11.7. The zero-order valence-corrected chi connectivity index (χ0v) is 11.5. The standard InChI is InChI=1S/C13H21N3O3/c1-9-12(10(2)19-16-9)8-15-13(17)14-7-11-5-3-4-6-18-11/h11H,3-8H2,1-2H3,(H2,14,15,17)/t11-/m0/s1. The van der Waals surface area contributed by atoms with Gasteiger partial charge in [-0.3, -0.25) is 0 Å². The topological polar surface area (TPSA) is 76.4 Å². The summed E-state index contributed by atoms with van der Waals surface area (Å²) in [6.07, 6.45) is 3.46. The molecule has 0 spiro atoms. The summed E-state index contributed by atoms with van der Waals surface area (Å²) in [6.45, 7) is 5.49. The van der Waals surface area contributed by atoms with Gasteiger partial charge in [0.25, 0.3) is 0 Å². The predicted octanol–water partition coefficient (Wildman–Crippen LogP) is 1.66. The van der Waals surface area contributed by atoms with Gasteiger partial charge in [-0.05, 0) is 33.1 Å². The van der Waals surface area contributed by atoms with Gasteiger partial charge in [-0.25, -0.2) is 4.79 Å². The molecule has 1 aromatic rings. The molecule has 1 aliphatic rings. The van der Waals surface area contributed by atoms with Crippen LogP contribution in [0, 0.1) is 13.8 Å². The maximum absolute atomic E-state index is 11.7. The minimum atomic E-state index is -0.186. The Hall–Kier alpha value is -1.56. The first-order valence-corrected chi connectivity index (χ1v) is 6.72. The number of ether oxygens (including phenoxy) is 1. The van der Waals surface area contributed by atoms with Crippen LogP contribution in [-0.2, 0) is 11.3 Å². The average molecular weight is 267 g/mol. The second-order valence-electron chi connectivity index (χ2n) is 4.85. The summed E-state index contributed by atoms with van der Waals surface area (Å²) in [7, 11) is 0. The average Bonchev–Trinajstić information content (AvgIpc) is 2.75. The van der Waals surface area contributed by atoms with Crippen LogP contribution in [-0.4, -0.2) is 30.4 Å². The van der Waals surface area contributed by atoms with E-state index in [9.17, 15) is 4.79 Å². The lowest BCUT2D eigenvalue weighted by atomic mass is 10.1. The molecular weight excluding hydrogens is 246 g/mol. The fourth-order valence-electron chi connectivity index (χ4n) is 2.16. The van der Waals surface area contributed by atoms with Gasteiger partial charge in [0.05, 0.1) is 11.8 Å². The number of aryl methyl sites for hydroxylation is 2. The molecular formula is C13H21N3O3. The van der Waals surface area contributed by atoms with E-state index in [0.717, 1.165) is 36.5 Å². The van der Waals surface area contributed by atoms with Crippen molar-refractivity contribution in [1.82, 2.24) is 15.8 Å². The van der Waals surface area contributed by atoms with Crippen LogP contribution in [0.4, 0.5) is 4.79 Å². The van der Waals surface area contributed by atoms with Crippen molar-refractivity contribution in [2.75, 3.05) is 13.2 Å². The lowest BCUT2D eigenvalue weighted by molar-refractivity contribution is 0.0184. The van der Waals surface area contributed by atoms with Crippen LogP contribution < -0.4 is 10.6 Å². The Labute approximate surface area is 112 Å². The minimum Gasteiger partial charge on any atom is -0.376 e. The summed E-state index contributed by atoms with van der Waals surface area (Å²) in [6, 6.07) is -0.186. The van der Waals surface area contributed by atoms with E-state index in [2.05, 4.69) is 15.8 Å². The highest BCUT2D eigenvalue weighted by molar-refractivity contribution is 5.73. The van der Waals surface area contributed by atoms with E-state index in [4.69, 9.17) is 9.26 Å². The van der Waals surface area contributed by atoms with Crippen molar-refractivity contribution in [2.45, 2.75) is 45.8 Å². The van der Waals surface area contributed by atoms with E-state index in [1.54, 1.807) is 0 Å². The maximum Gasteiger partial charge on any atom is 0.315 e. The first kappa shape index (κ1) is 13.9. The van der Waals surface area contributed by atoms with Crippen molar-refractivity contribution < 1.29 is 14.1 Å². The third-order valence-electron chi connectivity index (χ3n) is 3.37. The highest BCUT2D eigenvalue weighted by Gasteiger charge is 2.15. The third kappa shape index (κ3) is 3.96. The van der Waals surface area contributed by atoms with Gasteiger partial charge < -0.3 is 19.9 Å². The number of rotatable bonds is 4. The second kappa shape index (κ2) is 6.56. The largest absolute Gasteiger partial charge is 0.376 e. The molecule has 1 aliphatic heterocycles. The molecule has 2 N–H and O–H groups in total. The summed E-state index contributed by atoms with van der Waals surface area (Å²) in [5.74, 6) is 0.744. The SMILES string of the molecule is Cc1noc(C)c1CNC(=O)NC[C@@H]1CCCCO1. The number of hydrogen-bond donors (Lipinski definition) is 2. The molecule has 1 saturated heterocycles. The van der Waals surface area contributed by atoms with Gasteiger partial charge >= 0.3 is 6.03 Å². The second-order valence-corrected chi connectivity index (χ2v) is 4.85. The van der Waals surface area contributed by atoms with E-state index >= 15 is 0 Å². The molecule has 0 aliphatic carbocycles. The molecule has 0 unspecified atom stereocenters. The highest BCUT2D eigenvalue weighted by Crippen LogP contribution is 2.12. The van der Waals surface area contributed by atoms with Crippen molar-refractivity contribution in [3.63, 3.8) is 0 Å². The van der Waals surface area contributed by atoms with Gasteiger partial charge in [0, 0.05) is 25.3 Å². The molecule has 2 heterocycles. The fraction of sp³-hybridized carbons (Fsp3) is 0.692. The number of urea groups is 1. The Morgan fingerprint density at radius 2 is 2.21 bits per heavy atom. The molecule has 6 heteroatoms. The van der Waals surface area contributed by atoms with Crippen LogP contribution in [0.1, 0.15) is 36.3 Å². The molecule has 0 saturated carbocycles. The molecule has 0 aromatic carbocycles. The molecule has 1 fully saturated rings. The van der Waals surface area contributed by atoms with Crippen molar-refractivity contribution in [3.8, 4) is 0 Å². The monoisotopic (exact) mass is 267 g/mol. The van der Waals surface area contributed by atoms with Crippen molar-refractivity contribution in [3.05, 3.63) is 17.0 Å². The normalized spacial score (nSPS) is 19.2. The number of aromatic nitrogens is 1. The van der Waals surface area contributed by atoms with Crippen molar-refractivity contribution in [1.29, 1.82) is 0 Å². The van der Waals surface area contributed by atoms with Crippen LogP contribution in [0.15, 0.2) is 4.52 Å². The Kier molecular flexibility index (Phi) is 4.79.